The lowest BCUT2D eigenvalue weighted by atomic mass is 9.95. The van der Waals surface area contributed by atoms with E-state index >= 15 is 0 Å². The summed E-state index contributed by atoms with van der Waals surface area (Å²) >= 11 is 6.27. The Balaban J connectivity index is 1.96. The first-order chi connectivity index (χ1) is 6.86. The molecule has 0 bridgehead atoms. The number of benzene rings is 1. The van der Waals surface area contributed by atoms with Crippen molar-refractivity contribution in [3.8, 4) is 0 Å². The van der Waals surface area contributed by atoms with Crippen LogP contribution in [0, 0.1) is 0 Å². The summed E-state index contributed by atoms with van der Waals surface area (Å²) in [6, 6.07) is 10.8. The number of para-hydroxylation sites is 1. The van der Waals surface area contributed by atoms with Gasteiger partial charge >= 0.3 is 0 Å². The number of hydrogen-bond acceptors (Lipinski definition) is 1. The summed E-state index contributed by atoms with van der Waals surface area (Å²) in [7, 11) is 0. The highest BCUT2D eigenvalue weighted by Gasteiger charge is 2.22. The van der Waals surface area contributed by atoms with Gasteiger partial charge < -0.3 is 5.32 Å². The van der Waals surface area contributed by atoms with Gasteiger partial charge in [0.25, 0.3) is 0 Å². The minimum absolute atomic E-state index is 0.295. The predicted octanol–water partition coefficient (Wildman–Crippen LogP) is 3.65. The number of halogens is 1. The largest absolute Gasteiger partial charge is 0.381 e. The van der Waals surface area contributed by atoms with Crippen LogP contribution >= 0.6 is 11.6 Å². The fourth-order valence-electron chi connectivity index (χ4n) is 2.00. The molecule has 1 fully saturated rings. The van der Waals surface area contributed by atoms with Gasteiger partial charge in [0.1, 0.15) is 0 Å². The first kappa shape index (κ1) is 9.85. The summed E-state index contributed by atoms with van der Waals surface area (Å²) in [5.41, 5.74) is 1.19. The maximum Gasteiger partial charge on any atom is 0.0537 e. The van der Waals surface area contributed by atoms with Gasteiger partial charge in [-0.25, -0.2) is 0 Å². The van der Waals surface area contributed by atoms with Crippen LogP contribution in [-0.4, -0.2) is 11.4 Å². The maximum atomic E-state index is 6.27. The fourth-order valence-corrected chi connectivity index (χ4v) is 2.34. The van der Waals surface area contributed by atoms with E-state index in [0.29, 0.717) is 11.4 Å². The first-order valence-electron chi connectivity index (χ1n) is 5.32. The molecule has 1 aromatic carbocycles. The highest BCUT2D eigenvalue weighted by atomic mass is 35.5. The summed E-state index contributed by atoms with van der Waals surface area (Å²) in [6.45, 7) is 0. The van der Waals surface area contributed by atoms with Gasteiger partial charge in [0.05, 0.1) is 5.38 Å². The quantitative estimate of drug-likeness (QED) is 0.734. The lowest BCUT2D eigenvalue weighted by Gasteiger charge is -2.28. The van der Waals surface area contributed by atoms with Crippen LogP contribution in [0.25, 0.3) is 0 Å². The van der Waals surface area contributed by atoms with E-state index in [1.165, 1.54) is 24.9 Å². The Morgan fingerprint density at radius 3 is 2.50 bits per heavy atom. The van der Waals surface area contributed by atoms with Crippen molar-refractivity contribution in [2.45, 2.75) is 37.1 Å². The number of hydrogen-bond donors (Lipinski definition) is 1. The van der Waals surface area contributed by atoms with Crippen LogP contribution in [0.4, 0.5) is 5.69 Å². The van der Waals surface area contributed by atoms with Crippen molar-refractivity contribution in [2.75, 3.05) is 5.32 Å². The van der Waals surface area contributed by atoms with Crippen LogP contribution in [0.5, 0.6) is 0 Å². The predicted molar refractivity (Wildman–Crippen MR) is 62.0 cm³/mol. The van der Waals surface area contributed by atoms with Crippen LogP contribution < -0.4 is 5.32 Å². The van der Waals surface area contributed by atoms with Crippen molar-refractivity contribution in [3.05, 3.63) is 30.3 Å². The molecule has 1 aromatic rings. The zero-order valence-corrected chi connectivity index (χ0v) is 9.00. The normalized spacial score (nSPS) is 27.2. The molecule has 1 aliphatic rings. The molecule has 2 atom stereocenters. The average Bonchev–Trinajstić information content (AvgIpc) is 2.23. The molecule has 0 radical (unpaired) electrons. The number of nitrogens with one attached hydrogen (secondary N) is 1. The van der Waals surface area contributed by atoms with Crippen LogP contribution in [0.15, 0.2) is 30.3 Å². The van der Waals surface area contributed by atoms with Crippen molar-refractivity contribution in [3.63, 3.8) is 0 Å². The topological polar surface area (TPSA) is 12.0 Å². The number of anilines is 1. The van der Waals surface area contributed by atoms with Crippen molar-refractivity contribution < 1.29 is 0 Å². The summed E-state index contributed by atoms with van der Waals surface area (Å²) in [4.78, 5) is 0. The molecular weight excluding hydrogens is 194 g/mol. The monoisotopic (exact) mass is 209 g/mol. The van der Waals surface area contributed by atoms with E-state index in [-0.39, 0.29) is 0 Å². The molecule has 0 heterocycles. The van der Waals surface area contributed by atoms with Gasteiger partial charge in [-0.15, -0.1) is 11.6 Å². The van der Waals surface area contributed by atoms with E-state index in [0.717, 1.165) is 6.42 Å². The van der Waals surface area contributed by atoms with Crippen molar-refractivity contribution in [2.24, 2.45) is 0 Å². The van der Waals surface area contributed by atoms with E-state index in [4.69, 9.17) is 11.6 Å². The maximum absolute atomic E-state index is 6.27. The number of rotatable bonds is 2. The second-order valence-corrected chi connectivity index (χ2v) is 4.48. The van der Waals surface area contributed by atoms with E-state index in [9.17, 15) is 0 Å². The van der Waals surface area contributed by atoms with Crippen LogP contribution in [0.3, 0.4) is 0 Å². The molecule has 1 aliphatic carbocycles. The molecule has 0 aliphatic heterocycles. The molecule has 2 unspecified atom stereocenters. The Kier molecular flexibility index (Phi) is 3.30. The van der Waals surface area contributed by atoms with E-state index < -0.39 is 0 Å². The van der Waals surface area contributed by atoms with Gasteiger partial charge in [-0.1, -0.05) is 31.0 Å². The molecule has 2 heteroatoms. The Morgan fingerprint density at radius 1 is 1.07 bits per heavy atom. The molecule has 76 valence electrons. The summed E-state index contributed by atoms with van der Waals surface area (Å²) in [6.07, 6.45) is 4.92. The van der Waals surface area contributed by atoms with Crippen molar-refractivity contribution in [1.29, 1.82) is 0 Å². The van der Waals surface area contributed by atoms with Crippen molar-refractivity contribution in [1.82, 2.24) is 0 Å². The van der Waals surface area contributed by atoms with Crippen molar-refractivity contribution >= 4 is 17.3 Å². The molecule has 1 nitrogen and oxygen atoms in total. The molecule has 2 rings (SSSR count). The average molecular weight is 210 g/mol. The van der Waals surface area contributed by atoms with Crippen LogP contribution in [-0.2, 0) is 0 Å². The Morgan fingerprint density at radius 2 is 1.79 bits per heavy atom. The van der Waals surface area contributed by atoms with Gasteiger partial charge in [-0.2, -0.15) is 0 Å². The SMILES string of the molecule is ClC1CCCCC1Nc1ccccc1. The molecule has 0 spiro atoms. The van der Waals surface area contributed by atoms with Gasteiger partial charge in [0, 0.05) is 11.7 Å². The van der Waals surface area contributed by atoms with E-state index in [2.05, 4.69) is 17.4 Å². The first-order valence-corrected chi connectivity index (χ1v) is 5.75. The molecule has 1 saturated carbocycles. The fraction of sp³-hybridized carbons (Fsp3) is 0.500. The smallest absolute Gasteiger partial charge is 0.0537 e. The summed E-state index contributed by atoms with van der Waals surface area (Å²) < 4.78 is 0. The van der Waals surface area contributed by atoms with Gasteiger partial charge in [-0.05, 0) is 25.0 Å². The minimum atomic E-state index is 0.295. The summed E-state index contributed by atoms with van der Waals surface area (Å²) in [5.74, 6) is 0. The second kappa shape index (κ2) is 4.70. The van der Waals surface area contributed by atoms with Crippen LogP contribution in [0.1, 0.15) is 25.7 Å². The third-order valence-electron chi connectivity index (χ3n) is 2.81. The number of alkyl halides is 1. The van der Waals surface area contributed by atoms with E-state index in [1.807, 2.05) is 18.2 Å². The zero-order valence-electron chi connectivity index (χ0n) is 8.25. The lowest BCUT2D eigenvalue weighted by Crippen LogP contribution is -2.32. The van der Waals surface area contributed by atoms with Gasteiger partial charge in [-0.3, -0.25) is 0 Å². The molecule has 0 saturated heterocycles. The lowest BCUT2D eigenvalue weighted by molar-refractivity contribution is 0.469. The van der Waals surface area contributed by atoms with E-state index in [1.54, 1.807) is 0 Å². The Hall–Kier alpha value is -0.690. The highest BCUT2D eigenvalue weighted by Crippen LogP contribution is 2.25. The standard InChI is InChI=1S/C12H16ClN/c13-11-8-4-5-9-12(11)14-10-6-2-1-3-7-10/h1-3,6-7,11-12,14H,4-5,8-9H2. The van der Waals surface area contributed by atoms with Gasteiger partial charge in [0.2, 0.25) is 0 Å². The van der Waals surface area contributed by atoms with Crippen LogP contribution in [0.2, 0.25) is 0 Å². The molecular formula is C12H16ClN. The highest BCUT2D eigenvalue weighted by molar-refractivity contribution is 6.21. The third-order valence-corrected chi connectivity index (χ3v) is 3.33. The zero-order chi connectivity index (χ0) is 9.80. The van der Waals surface area contributed by atoms with Gasteiger partial charge in [0.15, 0.2) is 0 Å². The Labute approximate surface area is 90.5 Å². The molecule has 14 heavy (non-hydrogen) atoms. The second-order valence-electron chi connectivity index (χ2n) is 3.92. The third kappa shape index (κ3) is 2.42. The minimum Gasteiger partial charge on any atom is -0.381 e. The Bertz CT molecular complexity index is 273. The molecule has 0 aromatic heterocycles. The summed E-state index contributed by atoms with van der Waals surface area (Å²) in [5, 5.41) is 3.79. The molecule has 0 amide bonds. The molecule has 1 N–H and O–H groups in total.